The van der Waals surface area contributed by atoms with Crippen LogP contribution in [0.4, 0.5) is 0 Å². The average molecular weight is 190 g/mol. The highest BCUT2D eigenvalue weighted by molar-refractivity contribution is 5.84. The van der Waals surface area contributed by atoms with Crippen molar-refractivity contribution in [3.05, 3.63) is 11.8 Å². The molecule has 0 saturated carbocycles. The normalized spacial score (nSPS) is 33.5. The Hall–Kier alpha value is -1.11. The van der Waals surface area contributed by atoms with Crippen molar-refractivity contribution in [1.29, 1.82) is 0 Å². The zero-order valence-electron chi connectivity index (χ0n) is 6.88. The smallest absolute Gasteiger partial charge is 0.371 e. The van der Waals surface area contributed by atoms with E-state index in [-0.39, 0.29) is 0 Å². The third kappa shape index (κ3) is 1.97. The zero-order valence-corrected chi connectivity index (χ0v) is 6.88. The van der Waals surface area contributed by atoms with E-state index in [1.807, 2.05) is 0 Å². The van der Waals surface area contributed by atoms with Crippen LogP contribution in [0.1, 0.15) is 0 Å². The number of carboxylic acid groups (broad SMARTS) is 1. The molecule has 1 heterocycles. The number of carbonyl (C=O) groups is 1. The molecule has 0 spiro atoms. The summed E-state index contributed by atoms with van der Waals surface area (Å²) in [7, 11) is 1.24. The second-order valence-electron chi connectivity index (χ2n) is 2.54. The Morgan fingerprint density at radius 1 is 1.62 bits per heavy atom. The van der Waals surface area contributed by atoms with Gasteiger partial charge in [0.1, 0.15) is 12.2 Å². The molecule has 0 fully saturated rings. The zero-order chi connectivity index (χ0) is 10.0. The Balaban J connectivity index is 2.81. The predicted octanol–water partition coefficient (Wildman–Crippen LogP) is -1.32. The lowest BCUT2D eigenvalue weighted by molar-refractivity contribution is -0.195. The minimum atomic E-state index is -1.31. The van der Waals surface area contributed by atoms with Crippen LogP contribution < -0.4 is 0 Å². The molecule has 6 heteroatoms. The molecular weight excluding hydrogens is 180 g/mol. The maximum atomic E-state index is 10.4. The lowest BCUT2D eigenvalue weighted by atomic mass is 10.1. The van der Waals surface area contributed by atoms with Gasteiger partial charge in [-0.15, -0.1) is 0 Å². The fourth-order valence-corrected chi connectivity index (χ4v) is 0.958. The Morgan fingerprint density at radius 3 is 2.69 bits per heavy atom. The summed E-state index contributed by atoms with van der Waals surface area (Å²) in [5.74, 6) is -1.74. The molecule has 1 unspecified atom stereocenters. The average Bonchev–Trinajstić information content (AvgIpc) is 2.09. The van der Waals surface area contributed by atoms with Gasteiger partial charge in [0.15, 0.2) is 0 Å². The van der Waals surface area contributed by atoms with Crippen LogP contribution >= 0.6 is 0 Å². The number of rotatable bonds is 2. The number of aliphatic hydroxyl groups is 2. The Morgan fingerprint density at radius 2 is 2.23 bits per heavy atom. The first-order chi connectivity index (χ1) is 6.06. The van der Waals surface area contributed by atoms with E-state index in [1.54, 1.807) is 0 Å². The minimum absolute atomic E-state index is 0.426. The molecule has 3 atom stereocenters. The van der Waals surface area contributed by atoms with Gasteiger partial charge in [-0.1, -0.05) is 0 Å². The van der Waals surface area contributed by atoms with E-state index in [9.17, 15) is 9.90 Å². The fraction of sp³-hybridized carbons (Fsp3) is 0.571. The summed E-state index contributed by atoms with van der Waals surface area (Å²) in [6.07, 6.45) is -2.79. The number of aliphatic carboxylic acids is 1. The van der Waals surface area contributed by atoms with Gasteiger partial charge >= 0.3 is 5.97 Å². The summed E-state index contributed by atoms with van der Waals surface area (Å²) in [5, 5.41) is 26.9. The van der Waals surface area contributed by atoms with E-state index in [4.69, 9.17) is 14.9 Å². The summed E-state index contributed by atoms with van der Waals surface area (Å²) in [6, 6.07) is 0. The molecule has 0 aromatic heterocycles. The highest BCUT2D eigenvalue weighted by atomic mass is 16.7. The molecule has 1 aliphatic heterocycles. The summed E-state index contributed by atoms with van der Waals surface area (Å²) in [6.45, 7) is 0. The van der Waals surface area contributed by atoms with E-state index >= 15 is 0 Å². The highest BCUT2D eigenvalue weighted by Crippen LogP contribution is 2.18. The standard InChI is InChI=1S/C7H10O6/c1-12-7-5(9)3(8)2-4(13-7)6(10)11/h2-3,5,7-9H,1H3,(H,10,11)/t3-,5+,7?/m0/s1. The number of hydrogen-bond acceptors (Lipinski definition) is 5. The number of hydrogen-bond donors (Lipinski definition) is 3. The molecule has 0 aromatic carbocycles. The van der Waals surface area contributed by atoms with Crippen LogP contribution in [0, 0.1) is 0 Å². The second-order valence-corrected chi connectivity index (χ2v) is 2.54. The van der Waals surface area contributed by atoms with Gasteiger partial charge in [-0.25, -0.2) is 4.79 Å². The van der Waals surface area contributed by atoms with Crippen molar-refractivity contribution >= 4 is 5.97 Å². The van der Waals surface area contributed by atoms with Crippen LogP contribution in [-0.4, -0.2) is 46.9 Å². The molecular formula is C7H10O6. The molecule has 0 aliphatic carbocycles. The third-order valence-electron chi connectivity index (χ3n) is 1.64. The maximum absolute atomic E-state index is 10.4. The number of methoxy groups -OCH3 is 1. The molecule has 6 nitrogen and oxygen atoms in total. The quantitative estimate of drug-likeness (QED) is 0.499. The van der Waals surface area contributed by atoms with Crippen LogP contribution in [0.25, 0.3) is 0 Å². The molecule has 0 amide bonds. The maximum Gasteiger partial charge on any atom is 0.371 e. The largest absolute Gasteiger partial charge is 0.475 e. The Kier molecular flexibility index (Phi) is 2.86. The lowest BCUT2D eigenvalue weighted by Gasteiger charge is -2.29. The molecule has 0 aromatic rings. The van der Waals surface area contributed by atoms with Crippen LogP contribution in [0.3, 0.4) is 0 Å². The molecule has 0 saturated heterocycles. The SMILES string of the molecule is COC1OC(C(=O)O)=C[C@H](O)[C@H]1O. The Labute approximate surface area is 74.0 Å². The van der Waals surface area contributed by atoms with Gasteiger partial charge in [0.05, 0.1) is 0 Å². The fourth-order valence-electron chi connectivity index (χ4n) is 0.958. The number of ether oxygens (including phenoxy) is 2. The van der Waals surface area contributed by atoms with Crippen molar-refractivity contribution in [2.24, 2.45) is 0 Å². The first-order valence-electron chi connectivity index (χ1n) is 3.57. The summed E-state index contributed by atoms with van der Waals surface area (Å²) < 4.78 is 9.33. The predicted molar refractivity (Wildman–Crippen MR) is 39.6 cm³/mol. The van der Waals surface area contributed by atoms with Gasteiger partial charge in [-0.05, 0) is 6.08 Å². The second kappa shape index (κ2) is 3.73. The van der Waals surface area contributed by atoms with Gasteiger partial charge in [0.25, 0.3) is 0 Å². The van der Waals surface area contributed by atoms with Crippen molar-refractivity contribution in [2.45, 2.75) is 18.5 Å². The van der Waals surface area contributed by atoms with Crippen molar-refractivity contribution in [3.8, 4) is 0 Å². The van der Waals surface area contributed by atoms with Crippen LogP contribution in [-0.2, 0) is 14.3 Å². The van der Waals surface area contributed by atoms with E-state index in [1.165, 1.54) is 7.11 Å². The third-order valence-corrected chi connectivity index (χ3v) is 1.64. The highest BCUT2D eigenvalue weighted by Gasteiger charge is 2.34. The molecule has 74 valence electrons. The van der Waals surface area contributed by atoms with Crippen molar-refractivity contribution in [1.82, 2.24) is 0 Å². The van der Waals surface area contributed by atoms with Crippen LogP contribution in [0.5, 0.6) is 0 Å². The van der Waals surface area contributed by atoms with Gasteiger partial charge in [-0.3, -0.25) is 0 Å². The van der Waals surface area contributed by atoms with Crippen molar-refractivity contribution in [3.63, 3.8) is 0 Å². The van der Waals surface area contributed by atoms with Gasteiger partial charge in [0.2, 0.25) is 12.0 Å². The van der Waals surface area contributed by atoms with E-state index in [0.717, 1.165) is 6.08 Å². The first kappa shape index (κ1) is 9.97. The summed E-state index contributed by atoms with van der Waals surface area (Å²) in [4.78, 5) is 10.4. The summed E-state index contributed by atoms with van der Waals surface area (Å²) in [5.41, 5.74) is 0. The minimum Gasteiger partial charge on any atom is -0.475 e. The van der Waals surface area contributed by atoms with E-state index in [2.05, 4.69) is 4.74 Å². The molecule has 1 aliphatic rings. The number of carboxylic acids is 1. The molecule has 13 heavy (non-hydrogen) atoms. The molecule has 1 rings (SSSR count). The topological polar surface area (TPSA) is 96.2 Å². The van der Waals surface area contributed by atoms with Crippen molar-refractivity contribution in [2.75, 3.05) is 7.11 Å². The monoisotopic (exact) mass is 190 g/mol. The Bertz CT molecular complexity index is 235. The van der Waals surface area contributed by atoms with E-state index < -0.39 is 30.2 Å². The van der Waals surface area contributed by atoms with Gasteiger partial charge in [0, 0.05) is 7.11 Å². The van der Waals surface area contributed by atoms with Crippen LogP contribution in [0.2, 0.25) is 0 Å². The lowest BCUT2D eigenvalue weighted by Crippen LogP contribution is -2.43. The van der Waals surface area contributed by atoms with Gasteiger partial charge < -0.3 is 24.8 Å². The van der Waals surface area contributed by atoms with E-state index in [0.29, 0.717) is 0 Å². The summed E-state index contributed by atoms with van der Waals surface area (Å²) >= 11 is 0. The molecule has 3 N–H and O–H groups in total. The molecule has 0 radical (unpaired) electrons. The van der Waals surface area contributed by atoms with Crippen molar-refractivity contribution < 1.29 is 29.6 Å². The first-order valence-corrected chi connectivity index (χ1v) is 3.57. The number of aliphatic hydroxyl groups excluding tert-OH is 2. The van der Waals surface area contributed by atoms with Crippen LogP contribution in [0.15, 0.2) is 11.8 Å². The molecule has 0 bridgehead atoms. The van der Waals surface area contributed by atoms with Gasteiger partial charge in [-0.2, -0.15) is 0 Å².